The average molecular weight is 96.2 g/mol. The Kier molecular flexibility index (Phi) is 0.181. The standard InChI is InChI=1S/C4H9NO/c1-4(6)5(2)3/h1-3H3/i1D3,2D3,3D3. The van der Waals surface area contributed by atoms with Crippen LogP contribution in [0.25, 0.3) is 0 Å². The van der Waals surface area contributed by atoms with Gasteiger partial charge in [0.25, 0.3) is 0 Å². The van der Waals surface area contributed by atoms with Gasteiger partial charge in [-0.25, -0.2) is 0 Å². The number of hydrogen-bond acceptors (Lipinski definition) is 1. The van der Waals surface area contributed by atoms with Crippen LogP contribution in [0.15, 0.2) is 0 Å². The molecule has 0 aromatic heterocycles. The third kappa shape index (κ3) is 1.76. The fourth-order valence-electron chi connectivity index (χ4n) is 0. The van der Waals surface area contributed by atoms with Gasteiger partial charge in [-0.2, -0.15) is 0 Å². The van der Waals surface area contributed by atoms with E-state index in [1.165, 1.54) is 0 Å². The van der Waals surface area contributed by atoms with E-state index in [4.69, 9.17) is 12.3 Å². The van der Waals surface area contributed by atoms with Crippen molar-refractivity contribution in [1.29, 1.82) is 0 Å². The molecule has 0 fully saturated rings. The minimum Gasteiger partial charge on any atom is -0.349 e. The van der Waals surface area contributed by atoms with Crippen molar-refractivity contribution in [3.63, 3.8) is 0 Å². The summed E-state index contributed by atoms with van der Waals surface area (Å²) in [6.07, 6.45) is 0. The van der Waals surface area contributed by atoms with Crippen molar-refractivity contribution < 1.29 is 17.1 Å². The number of hydrogen-bond donors (Lipinski definition) is 0. The summed E-state index contributed by atoms with van der Waals surface area (Å²) in [7, 11) is 0. The van der Waals surface area contributed by atoms with Gasteiger partial charge >= 0.3 is 0 Å². The van der Waals surface area contributed by atoms with Crippen LogP contribution < -0.4 is 0 Å². The molecule has 0 spiro atoms. The van der Waals surface area contributed by atoms with Crippen LogP contribution in [0.1, 0.15) is 19.2 Å². The Morgan fingerprint density at radius 1 is 1.83 bits per heavy atom. The Labute approximate surface area is 50.4 Å². The van der Waals surface area contributed by atoms with Gasteiger partial charge < -0.3 is 4.90 Å². The van der Waals surface area contributed by atoms with Crippen molar-refractivity contribution in [1.82, 2.24) is 4.90 Å². The van der Waals surface area contributed by atoms with Crippen LogP contribution in [-0.2, 0) is 4.79 Å². The molecular weight excluding hydrogens is 78.0 g/mol. The molecule has 0 atom stereocenters. The molecule has 1 amide bonds. The highest BCUT2D eigenvalue weighted by atomic mass is 16.2. The highest BCUT2D eigenvalue weighted by Gasteiger charge is 1.87. The third-order valence-corrected chi connectivity index (χ3v) is 0.203. The Bertz CT molecular complexity index is 232. The molecule has 0 aromatic rings. The molecule has 0 radical (unpaired) electrons. The van der Waals surface area contributed by atoms with Crippen molar-refractivity contribution in [3.8, 4) is 0 Å². The van der Waals surface area contributed by atoms with Crippen LogP contribution in [-0.4, -0.2) is 24.8 Å². The molecule has 0 aliphatic heterocycles. The Balaban J connectivity index is 5.26. The summed E-state index contributed by atoms with van der Waals surface area (Å²) in [5.41, 5.74) is 0. The largest absolute Gasteiger partial charge is 0.349 e. The van der Waals surface area contributed by atoms with Crippen molar-refractivity contribution in [3.05, 3.63) is 0 Å². The number of carbonyl (C=O) groups excluding carboxylic acids is 1. The van der Waals surface area contributed by atoms with E-state index in [2.05, 4.69) is 0 Å². The fraction of sp³-hybridized carbons (Fsp3) is 0.750. The summed E-state index contributed by atoms with van der Waals surface area (Å²) >= 11 is 0. The maximum Gasteiger partial charge on any atom is 0.218 e. The first-order valence-electron chi connectivity index (χ1n) is 5.62. The summed E-state index contributed by atoms with van der Waals surface area (Å²) in [6.45, 7) is -9.91. The van der Waals surface area contributed by atoms with E-state index in [1.807, 2.05) is 0 Å². The molecule has 2 nitrogen and oxygen atoms in total. The number of rotatable bonds is 0. The minimum absolute atomic E-state index is 0.576. The first-order chi connectivity index (χ1) is 6.28. The first-order valence-corrected chi connectivity index (χ1v) is 1.12. The van der Waals surface area contributed by atoms with E-state index in [1.54, 1.807) is 0 Å². The van der Waals surface area contributed by atoms with Gasteiger partial charge in [-0.15, -0.1) is 0 Å². The van der Waals surface area contributed by atoms with Crippen LogP contribution in [0.4, 0.5) is 0 Å². The van der Waals surface area contributed by atoms with E-state index in [0.29, 0.717) is 0 Å². The molecule has 6 heavy (non-hydrogen) atoms. The second kappa shape index (κ2) is 1.80. The molecule has 0 heterocycles. The van der Waals surface area contributed by atoms with Gasteiger partial charge in [0.1, 0.15) is 0 Å². The maximum absolute atomic E-state index is 11.1. The second-order valence-electron chi connectivity index (χ2n) is 0.641. The van der Waals surface area contributed by atoms with Crippen LogP contribution in [0, 0.1) is 0 Å². The van der Waals surface area contributed by atoms with E-state index >= 15 is 0 Å². The fourth-order valence-corrected chi connectivity index (χ4v) is 0. The molecule has 2 heteroatoms. The monoisotopic (exact) mass is 96.1 g/mol. The maximum atomic E-state index is 11.1. The van der Waals surface area contributed by atoms with E-state index in [-0.39, 0.29) is 0 Å². The molecule has 0 aliphatic carbocycles. The number of carbonyl (C=O) groups is 1. The summed E-state index contributed by atoms with van der Waals surface area (Å²) in [6, 6.07) is 0. The molecule has 0 aromatic carbocycles. The highest BCUT2D eigenvalue weighted by Crippen LogP contribution is 1.69. The third-order valence-electron chi connectivity index (χ3n) is 0.203. The van der Waals surface area contributed by atoms with Gasteiger partial charge in [-0.05, 0) is 0 Å². The van der Waals surface area contributed by atoms with Gasteiger partial charge in [0.2, 0.25) is 5.91 Å². The molecule has 0 aliphatic rings. The van der Waals surface area contributed by atoms with Crippen LogP contribution in [0.2, 0.25) is 0 Å². The van der Waals surface area contributed by atoms with Crippen molar-refractivity contribution in [2.24, 2.45) is 0 Å². The number of amides is 1. The Morgan fingerprint density at radius 3 is 2.67 bits per heavy atom. The number of nitrogens with zero attached hydrogens (tertiary/aromatic N) is 1. The normalized spacial score (nSPS) is 36.3. The zero-order chi connectivity index (χ0) is 12.7. The molecule has 0 saturated heterocycles. The van der Waals surface area contributed by atoms with Gasteiger partial charge in [0, 0.05) is 33.1 Å². The molecule has 0 unspecified atom stereocenters. The quantitative estimate of drug-likeness (QED) is 0.418. The van der Waals surface area contributed by atoms with Gasteiger partial charge in [0.15, 0.2) is 0 Å². The van der Waals surface area contributed by atoms with Crippen molar-refractivity contribution >= 4 is 5.91 Å². The summed E-state index contributed by atoms with van der Waals surface area (Å²) in [5, 5.41) is 0. The summed E-state index contributed by atoms with van der Waals surface area (Å²) in [5.74, 6) is -1.91. The average Bonchev–Trinajstić information content (AvgIpc) is 1.76. The molecule has 0 rings (SSSR count). The Hall–Kier alpha value is -0.530. The molecule has 0 saturated carbocycles. The predicted molar refractivity (Wildman–Crippen MR) is 24.4 cm³/mol. The lowest BCUT2D eigenvalue weighted by Crippen LogP contribution is -2.17. The lowest BCUT2D eigenvalue weighted by molar-refractivity contribution is -0.126. The summed E-state index contributed by atoms with van der Waals surface area (Å²) in [4.78, 5) is 10.5. The van der Waals surface area contributed by atoms with Crippen LogP contribution >= 0.6 is 0 Å². The molecule has 36 valence electrons. The Morgan fingerprint density at radius 2 is 2.50 bits per heavy atom. The lowest BCUT2D eigenvalue weighted by Gasteiger charge is -2.02. The summed E-state index contributed by atoms with van der Waals surface area (Å²) < 4.78 is 60.7. The topological polar surface area (TPSA) is 20.3 Å². The van der Waals surface area contributed by atoms with Crippen LogP contribution in [0.3, 0.4) is 0 Å². The first kappa shape index (κ1) is 0.602. The highest BCUT2D eigenvalue weighted by molar-refractivity contribution is 5.72. The predicted octanol–water partition coefficient (Wildman–Crippen LogP) is 0.0945. The lowest BCUT2D eigenvalue weighted by atomic mass is 10.7. The van der Waals surface area contributed by atoms with Gasteiger partial charge in [-0.3, -0.25) is 4.79 Å². The molecule has 0 bridgehead atoms. The zero-order valence-corrected chi connectivity index (χ0v) is 2.86. The van der Waals surface area contributed by atoms with Crippen molar-refractivity contribution in [2.75, 3.05) is 14.0 Å². The van der Waals surface area contributed by atoms with Crippen LogP contribution in [0.5, 0.6) is 0 Å². The molecule has 0 N–H and O–H groups in total. The van der Waals surface area contributed by atoms with E-state index < -0.39 is 31.6 Å². The second-order valence-corrected chi connectivity index (χ2v) is 0.641. The minimum atomic E-state index is -3.31. The van der Waals surface area contributed by atoms with E-state index in [0.717, 1.165) is 0 Å². The zero-order valence-electron chi connectivity index (χ0n) is 11.9. The van der Waals surface area contributed by atoms with Crippen molar-refractivity contribution in [2.45, 2.75) is 6.85 Å². The van der Waals surface area contributed by atoms with E-state index in [9.17, 15) is 4.79 Å². The molecular formula is C4H9NO. The van der Waals surface area contributed by atoms with Gasteiger partial charge in [-0.1, -0.05) is 0 Å². The van der Waals surface area contributed by atoms with Gasteiger partial charge in [0.05, 0.1) is 0 Å². The smallest absolute Gasteiger partial charge is 0.218 e. The SMILES string of the molecule is [2H]C([2H])([2H])C(=O)N(C([2H])([2H])[2H])C([2H])([2H])[2H].